The molecule has 0 unspecified atom stereocenters. The van der Waals surface area contributed by atoms with Gasteiger partial charge >= 0.3 is 6.18 Å². The molecule has 0 aliphatic heterocycles. The Balaban J connectivity index is 1.93. The lowest BCUT2D eigenvalue weighted by Gasteiger charge is -2.17. The van der Waals surface area contributed by atoms with Crippen molar-refractivity contribution in [3.05, 3.63) is 52.1 Å². The van der Waals surface area contributed by atoms with Crippen LogP contribution in [-0.4, -0.2) is 48.1 Å². The quantitative estimate of drug-likeness (QED) is 0.712. The topological polar surface area (TPSA) is 71.5 Å². The third-order valence-electron chi connectivity index (χ3n) is 3.56. The summed E-state index contributed by atoms with van der Waals surface area (Å²) in [6.07, 6.45) is -3.38. The number of rotatable bonds is 6. The fourth-order valence-corrected chi connectivity index (χ4v) is 2.69. The van der Waals surface area contributed by atoms with Gasteiger partial charge in [-0.1, -0.05) is 15.9 Å². The molecule has 1 heterocycles. The minimum Gasteiger partial charge on any atom is -0.468 e. The van der Waals surface area contributed by atoms with E-state index in [4.69, 9.17) is 0 Å². The van der Waals surface area contributed by atoms with Crippen molar-refractivity contribution in [2.24, 2.45) is 0 Å². The van der Waals surface area contributed by atoms with Gasteiger partial charge in [-0.15, -0.1) is 0 Å². The number of hydrogen-bond acceptors (Lipinski definition) is 4. The molecular weight excluding hydrogens is 443 g/mol. The molecule has 0 aliphatic carbocycles. The Bertz CT molecular complexity index is 857. The number of hydrogen-bond donors (Lipinski definition) is 1. The van der Waals surface area contributed by atoms with E-state index in [9.17, 15) is 22.8 Å². The van der Waals surface area contributed by atoms with Gasteiger partial charge in [0.15, 0.2) is 6.61 Å². The molecule has 1 aromatic heterocycles. The van der Waals surface area contributed by atoms with E-state index in [1.165, 1.54) is 18.0 Å². The molecule has 1 aromatic carbocycles. The summed E-state index contributed by atoms with van der Waals surface area (Å²) >= 11 is 3.34. The number of alkyl halides is 3. The second-order valence-electron chi connectivity index (χ2n) is 5.96. The van der Waals surface area contributed by atoms with Crippen molar-refractivity contribution in [2.75, 3.05) is 25.5 Å². The third-order valence-corrected chi connectivity index (χ3v) is 4.05. The standard InChI is InChI=1S/C18H17BrF3N3O3/c1-11-7-13(19)4-5-14(11)24-15(26)9-25(2)17(27)12-3-6-16(23-8-12)28-10-18(20,21)22/h3-8H,9-10H2,1-2H3,(H,24,26). The number of aromatic nitrogens is 1. The zero-order chi connectivity index (χ0) is 20.9. The van der Waals surface area contributed by atoms with Crippen LogP contribution in [0.15, 0.2) is 41.0 Å². The number of aryl methyl sites for hydroxylation is 1. The number of halogens is 4. The first kappa shape index (κ1) is 21.7. The highest BCUT2D eigenvalue weighted by atomic mass is 79.9. The van der Waals surface area contributed by atoms with Gasteiger partial charge < -0.3 is 15.0 Å². The SMILES string of the molecule is Cc1cc(Br)ccc1NC(=O)CN(C)C(=O)c1ccc(OCC(F)(F)F)nc1. The normalized spacial score (nSPS) is 11.1. The summed E-state index contributed by atoms with van der Waals surface area (Å²) < 4.78 is 41.7. The maximum absolute atomic E-state index is 12.4. The molecule has 1 N–H and O–H groups in total. The van der Waals surface area contributed by atoms with Crippen molar-refractivity contribution in [3.63, 3.8) is 0 Å². The van der Waals surface area contributed by atoms with E-state index in [1.54, 1.807) is 12.1 Å². The molecule has 150 valence electrons. The average Bonchev–Trinajstić information content (AvgIpc) is 2.61. The van der Waals surface area contributed by atoms with E-state index in [-0.39, 0.29) is 23.9 Å². The predicted molar refractivity (Wildman–Crippen MR) is 100 cm³/mol. The third kappa shape index (κ3) is 6.52. The number of carbonyl (C=O) groups is 2. The Kier molecular flexibility index (Phi) is 7.00. The van der Waals surface area contributed by atoms with E-state index in [0.717, 1.165) is 22.3 Å². The zero-order valence-electron chi connectivity index (χ0n) is 15.0. The van der Waals surface area contributed by atoms with Crippen LogP contribution >= 0.6 is 15.9 Å². The molecule has 2 rings (SSSR count). The Morgan fingerprint density at radius 3 is 2.54 bits per heavy atom. The van der Waals surface area contributed by atoms with Crippen LogP contribution in [0, 0.1) is 6.92 Å². The van der Waals surface area contributed by atoms with Crippen LogP contribution in [0.25, 0.3) is 0 Å². The molecule has 0 aliphatic rings. The summed E-state index contributed by atoms with van der Waals surface area (Å²) in [4.78, 5) is 29.4. The fourth-order valence-electron chi connectivity index (χ4n) is 2.21. The van der Waals surface area contributed by atoms with Gasteiger partial charge in [0, 0.05) is 29.5 Å². The monoisotopic (exact) mass is 459 g/mol. The first-order valence-electron chi connectivity index (χ1n) is 8.02. The van der Waals surface area contributed by atoms with E-state index < -0.39 is 18.7 Å². The van der Waals surface area contributed by atoms with Gasteiger partial charge in [-0.2, -0.15) is 13.2 Å². The molecule has 10 heteroatoms. The minimum atomic E-state index is -4.48. The molecule has 6 nitrogen and oxygen atoms in total. The summed E-state index contributed by atoms with van der Waals surface area (Å²) in [5.74, 6) is -1.14. The lowest BCUT2D eigenvalue weighted by Crippen LogP contribution is -2.35. The fraction of sp³-hybridized carbons (Fsp3) is 0.278. The molecule has 2 aromatic rings. The number of ether oxygens (including phenoxy) is 1. The highest BCUT2D eigenvalue weighted by Crippen LogP contribution is 2.20. The van der Waals surface area contributed by atoms with Crippen molar-refractivity contribution in [2.45, 2.75) is 13.1 Å². The lowest BCUT2D eigenvalue weighted by atomic mass is 10.2. The number of nitrogens with one attached hydrogen (secondary N) is 1. The van der Waals surface area contributed by atoms with Gasteiger partial charge in [-0.25, -0.2) is 4.98 Å². The van der Waals surface area contributed by atoms with Crippen LogP contribution in [0.2, 0.25) is 0 Å². The first-order chi connectivity index (χ1) is 13.0. The number of benzene rings is 1. The predicted octanol–water partition coefficient (Wildman–Crippen LogP) is 3.80. The van der Waals surface area contributed by atoms with E-state index in [2.05, 4.69) is 31.0 Å². The maximum atomic E-state index is 12.4. The maximum Gasteiger partial charge on any atom is 0.422 e. The van der Waals surface area contributed by atoms with Gasteiger partial charge in [0.1, 0.15) is 0 Å². The lowest BCUT2D eigenvalue weighted by molar-refractivity contribution is -0.154. The Morgan fingerprint density at radius 2 is 1.96 bits per heavy atom. The summed E-state index contributed by atoms with van der Waals surface area (Å²) in [5, 5.41) is 2.72. The van der Waals surface area contributed by atoms with Gasteiger partial charge in [0.05, 0.1) is 12.1 Å². The molecule has 0 atom stereocenters. The summed E-state index contributed by atoms with van der Waals surface area (Å²) in [7, 11) is 1.43. The van der Waals surface area contributed by atoms with Crippen LogP contribution in [-0.2, 0) is 4.79 Å². The number of amides is 2. The smallest absolute Gasteiger partial charge is 0.422 e. The van der Waals surface area contributed by atoms with E-state index in [1.807, 2.05) is 13.0 Å². The highest BCUT2D eigenvalue weighted by Gasteiger charge is 2.28. The molecule has 2 amide bonds. The first-order valence-corrected chi connectivity index (χ1v) is 8.81. The summed E-state index contributed by atoms with van der Waals surface area (Å²) in [6, 6.07) is 7.82. The van der Waals surface area contributed by atoms with Crippen LogP contribution in [0.1, 0.15) is 15.9 Å². The molecule has 0 saturated carbocycles. The zero-order valence-corrected chi connectivity index (χ0v) is 16.6. The second-order valence-corrected chi connectivity index (χ2v) is 6.87. The Hall–Kier alpha value is -2.62. The Labute approximate surface area is 167 Å². The highest BCUT2D eigenvalue weighted by molar-refractivity contribution is 9.10. The van der Waals surface area contributed by atoms with Crippen molar-refractivity contribution in [1.29, 1.82) is 0 Å². The van der Waals surface area contributed by atoms with Gasteiger partial charge in [-0.3, -0.25) is 9.59 Å². The van der Waals surface area contributed by atoms with Gasteiger partial charge in [-0.05, 0) is 36.8 Å². The molecule has 28 heavy (non-hydrogen) atoms. The molecule has 0 radical (unpaired) electrons. The van der Waals surface area contributed by atoms with Crippen LogP contribution in [0.3, 0.4) is 0 Å². The molecular formula is C18H17BrF3N3O3. The largest absolute Gasteiger partial charge is 0.468 e. The van der Waals surface area contributed by atoms with Crippen molar-refractivity contribution >= 4 is 33.4 Å². The van der Waals surface area contributed by atoms with Crippen molar-refractivity contribution < 1.29 is 27.5 Å². The molecule has 0 bridgehead atoms. The molecule has 0 fully saturated rings. The minimum absolute atomic E-state index is 0.120. The van der Waals surface area contributed by atoms with Crippen LogP contribution in [0.4, 0.5) is 18.9 Å². The Morgan fingerprint density at radius 1 is 1.25 bits per heavy atom. The van der Waals surface area contributed by atoms with Crippen LogP contribution in [0.5, 0.6) is 5.88 Å². The molecule has 0 spiro atoms. The van der Waals surface area contributed by atoms with Crippen molar-refractivity contribution in [1.82, 2.24) is 9.88 Å². The van der Waals surface area contributed by atoms with Gasteiger partial charge in [0.25, 0.3) is 5.91 Å². The number of pyridine rings is 1. The van der Waals surface area contributed by atoms with E-state index in [0.29, 0.717) is 5.69 Å². The number of carbonyl (C=O) groups excluding carboxylic acids is 2. The second kappa shape index (κ2) is 9.05. The average molecular weight is 460 g/mol. The van der Waals surface area contributed by atoms with E-state index >= 15 is 0 Å². The van der Waals surface area contributed by atoms with Gasteiger partial charge in [0.2, 0.25) is 11.8 Å². The number of anilines is 1. The number of likely N-dealkylation sites (N-methyl/N-ethyl adjacent to an activating group) is 1. The van der Waals surface area contributed by atoms with Crippen molar-refractivity contribution in [3.8, 4) is 5.88 Å². The molecule has 0 saturated heterocycles. The number of nitrogens with zero attached hydrogens (tertiary/aromatic N) is 2. The summed E-state index contributed by atoms with van der Waals surface area (Å²) in [5.41, 5.74) is 1.60. The van der Waals surface area contributed by atoms with Crippen LogP contribution < -0.4 is 10.1 Å². The summed E-state index contributed by atoms with van der Waals surface area (Å²) in [6.45, 7) is 0.160.